The van der Waals surface area contributed by atoms with Gasteiger partial charge in [0, 0.05) is 18.3 Å². The molecule has 0 aliphatic rings. The Balaban J connectivity index is 2.02. The highest BCUT2D eigenvalue weighted by Gasteiger charge is 2.10. The van der Waals surface area contributed by atoms with E-state index in [1.807, 2.05) is 24.4 Å². The van der Waals surface area contributed by atoms with Crippen molar-refractivity contribution in [2.45, 2.75) is 25.9 Å². The molecule has 2 heteroatoms. The molecule has 0 radical (unpaired) electrons. The van der Waals surface area contributed by atoms with Gasteiger partial charge in [0.1, 0.15) is 0 Å². The molecule has 2 aromatic rings. The molecule has 0 amide bonds. The van der Waals surface area contributed by atoms with E-state index in [4.69, 9.17) is 0 Å². The van der Waals surface area contributed by atoms with Gasteiger partial charge in [0.2, 0.25) is 0 Å². The summed E-state index contributed by atoms with van der Waals surface area (Å²) in [5.41, 5.74) is 2.38. The van der Waals surface area contributed by atoms with Crippen LogP contribution in [0.25, 0.3) is 0 Å². The van der Waals surface area contributed by atoms with Crippen LogP contribution in [-0.2, 0) is 0 Å². The second-order valence-corrected chi connectivity index (χ2v) is 4.28. The first-order valence-corrected chi connectivity index (χ1v) is 5.99. The molecule has 0 aliphatic carbocycles. The van der Waals surface area contributed by atoms with E-state index in [1.165, 1.54) is 5.56 Å². The summed E-state index contributed by atoms with van der Waals surface area (Å²) >= 11 is 0. The van der Waals surface area contributed by atoms with Crippen LogP contribution >= 0.6 is 0 Å². The lowest BCUT2D eigenvalue weighted by molar-refractivity contribution is 0.486. The van der Waals surface area contributed by atoms with Crippen molar-refractivity contribution >= 4 is 0 Å². The number of nitrogens with zero attached hydrogens (tertiary/aromatic N) is 1. The zero-order valence-corrected chi connectivity index (χ0v) is 10.3. The number of rotatable bonds is 4. The topological polar surface area (TPSA) is 24.9 Å². The quantitative estimate of drug-likeness (QED) is 0.863. The van der Waals surface area contributed by atoms with E-state index in [9.17, 15) is 0 Å². The predicted octanol–water partition coefficient (Wildman–Crippen LogP) is 3.49. The van der Waals surface area contributed by atoms with Gasteiger partial charge in [0.15, 0.2) is 0 Å². The summed E-state index contributed by atoms with van der Waals surface area (Å²) in [6.45, 7) is 4.32. The molecule has 17 heavy (non-hydrogen) atoms. The second kappa shape index (κ2) is 5.60. The Morgan fingerprint density at radius 2 is 1.59 bits per heavy atom. The molecule has 0 bridgehead atoms. The number of benzene rings is 1. The smallest absolute Gasteiger partial charge is 0.0570 e. The minimum absolute atomic E-state index is 0.256. The number of hydrogen-bond donors (Lipinski definition) is 1. The van der Waals surface area contributed by atoms with E-state index < -0.39 is 0 Å². The predicted molar refractivity (Wildman–Crippen MR) is 70.6 cm³/mol. The molecule has 1 heterocycles. The third kappa shape index (κ3) is 3.14. The second-order valence-electron chi connectivity index (χ2n) is 4.28. The van der Waals surface area contributed by atoms with Gasteiger partial charge >= 0.3 is 0 Å². The van der Waals surface area contributed by atoms with Crippen LogP contribution in [-0.4, -0.2) is 4.98 Å². The highest BCUT2D eigenvalue weighted by atomic mass is 15.0. The molecular weight excluding hydrogens is 208 g/mol. The van der Waals surface area contributed by atoms with E-state index in [1.54, 1.807) is 0 Å². The maximum Gasteiger partial charge on any atom is 0.0570 e. The fraction of sp³-hybridized carbons (Fsp3) is 0.267. The number of pyridine rings is 1. The molecule has 2 rings (SSSR count). The average molecular weight is 226 g/mol. The molecule has 0 saturated carbocycles. The number of aromatic nitrogens is 1. The Hall–Kier alpha value is -1.67. The van der Waals surface area contributed by atoms with Crippen molar-refractivity contribution < 1.29 is 0 Å². The lowest BCUT2D eigenvalue weighted by Gasteiger charge is -2.19. The largest absolute Gasteiger partial charge is 0.302 e. The zero-order valence-electron chi connectivity index (χ0n) is 10.3. The first kappa shape index (κ1) is 11.8. The highest BCUT2D eigenvalue weighted by Crippen LogP contribution is 2.17. The number of nitrogens with one attached hydrogen (secondary N) is 1. The van der Waals surface area contributed by atoms with Crippen LogP contribution in [0.5, 0.6) is 0 Å². The molecule has 1 aromatic carbocycles. The minimum atomic E-state index is 0.256. The highest BCUT2D eigenvalue weighted by molar-refractivity contribution is 5.19. The summed E-state index contributed by atoms with van der Waals surface area (Å²) in [7, 11) is 0. The van der Waals surface area contributed by atoms with E-state index in [2.05, 4.69) is 54.5 Å². The molecule has 1 unspecified atom stereocenters. The monoisotopic (exact) mass is 226 g/mol. The Bertz CT molecular complexity index is 395. The van der Waals surface area contributed by atoms with E-state index >= 15 is 0 Å². The van der Waals surface area contributed by atoms with Gasteiger partial charge in [0.25, 0.3) is 0 Å². The summed E-state index contributed by atoms with van der Waals surface area (Å²) in [6.07, 6.45) is 1.83. The first-order chi connectivity index (χ1) is 8.27. The van der Waals surface area contributed by atoms with Gasteiger partial charge in [-0.2, -0.15) is 0 Å². The van der Waals surface area contributed by atoms with Crippen molar-refractivity contribution in [2.75, 3.05) is 0 Å². The fourth-order valence-electron chi connectivity index (χ4n) is 1.93. The molecule has 0 fully saturated rings. The van der Waals surface area contributed by atoms with Crippen LogP contribution < -0.4 is 5.32 Å². The molecule has 1 aromatic heterocycles. The van der Waals surface area contributed by atoms with Crippen molar-refractivity contribution in [1.82, 2.24) is 10.3 Å². The van der Waals surface area contributed by atoms with Gasteiger partial charge in [-0.15, -0.1) is 0 Å². The fourth-order valence-corrected chi connectivity index (χ4v) is 1.93. The summed E-state index contributed by atoms with van der Waals surface area (Å²) in [4.78, 5) is 4.36. The molecule has 0 aliphatic heterocycles. The first-order valence-electron chi connectivity index (χ1n) is 5.99. The summed E-state index contributed by atoms with van der Waals surface area (Å²) in [6, 6.07) is 17.1. The maximum atomic E-state index is 4.36. The van der Waals surface area contributed by atoms with Crippen LogP contribution in [0.15, 0.2) is 54.7 Å². The summed E-state index contributed by atoms with van der Waals surface area (Å²) in [5.74, 6) is 0. The van der Waals surface area contributed by atoms with Crippen LogP contribution in [0.3, 0.4) is 0 Å². The molecule has 2 nitrogen and oxygen atoms in total. The van der Waals surface area contributed by atoms with Gasteiger partial charge in [-0.1, -0.05) is 36.4 Å². The van der Waals surface area contributed by atoms with Crippen LogP contribution in [0.2, 0.25) is 0 Å². The Morgan fingerprint density at radius 3 is 2.24 bits per heavy atom. The minimum Gasteiger partial charge on any atom is -0.302 e. The third-order valence-electron chi connectivity index (χ3n) is 2.93. The van der Waals surface area contributed by atoms with Gasteiger partial charge in [-0.05, 0) is 31.5 Å². The zero-order chi connectivity index (χ0) is 12.1. The normalized spacial score (nSPS) is 14.2. The third-order valence-corrected chi connectivity index (χ3v) is 2.93. The van der Waals surface area contributed by atoms with Crippen molar-refractivity contribution in [3.05, 3.63) is 66.0 Å². The van der Waals surface area contributed by atoms with Crippen molar-refractivity contribution in [3.8, 4) is 0 Å². The molecule has 88 valence electrons. The molecule has 2 atom stereocenters. The Labute approximate surface area is 103 Å². The molecule has 0 saturated heterocycles. The van der Waals surface area contributed by atoms with Crippen LogP contribution in [0, 0.1) is 0 Å². The van der Waals surface area contributed by atoms with Crippen molar-refractivity contribution in [1.29, 1.82) is 0 Å². The van der Waals surface area contributed by atoms with Gasteiger partial charge in [-0.25, -0.2) is 0 Å². The molecule has 0 spiro atoms. The Morgan fingerprint density at radius 1 is 0.882 bits per heavy atom. The standard InChI is InChI=1S/C15H18N2/c1-12(14-8-4-3-5-9-14)17-13(2)15-10-6-7-11-16-15/h3-13,17H,1-2H3/t12?,13-/m0/s1. The van der Waals surface area contributed by atoms with Gasteiger partial charge in [0.05, 0.1) is 5.69 Å². The SMILES string of the molecule is CC(N[C@@H](C)c1ccccn1)c1ccccc1. The van der Waals surface area contributed by atoms with E-state index in [-0.39, 0.29) is 6.04 Å². The Kier molecular flexibility index (Phi) is 3.89. The summed E-state index contributed by atoms with van der Waals surface area (Å²) in [5, 5.41) is 3.55. The molecule has 1 N–H and O–H groups in total. The lowest BCUT2D eigenvalue weighted by atomic mass is 10.1. The van der Waals surface area contributed by atoms with E-state index in [0.29, 0.717) is 6.04 Å². The van der Waals surface area contributed by atoms with Crippen LogP contribution in [0.1, 0.15) is 37.2 Å². The maximum absolute atomic E-state index is 4.36. The van der Waals surface area contributed by atoms with Crippen molar-refractivity contribution in [2.24, 2.45) is 0 Å². The van der Waals surface area contributed by atoms with E-state index in [0.717, 1.165) is 5.69 Å². The average Bonchev–Trinajstić information content (AvgIpc) is 2.40. The van der Waals surface area contributed by atoms with Gasteiger partial charge in [-0.3, -0.25) is 4.98 Å². The lowest BCUT2D eigenvalue weighted by Crippen LogP contribution is -2.23. The summed E-state index contributed by atoms with van der Waals surface area (Å²) < 4.78 is 0. The number of hydrogen-bond acceptors (Lipinski definition) is 2. The van der Waals surface area contributed by atoms with Crippen molar-refractivity contribution in [3.63, 3.8) is 0 Å². The van der Waals surface area contributed by atoms with Crippen LogP contribution in [0.4, 0.5) is 0 Å². The molecular formula is C15H18N2. The van der Waals surface area contributed by atoms with Gasteiger partial charge < -0.3 is 5.32 Å².